The van der Waals surface area contributed by atoms with Crippen LogP contribution in [0.3, 0.4) is 0 Å². The first kappa shape index (κ1) is 20.9. The topological polar surface area (TPSA) is 30.5 Å². The Kier molecular flexibility index (Phi) is 9.92. The van der Waals surface area contributed by atoms with Crippen LogP contribution in [0.15, 0.2) is 36.4 Å². The Morgan fingerprint density at radius 2 is 2.17 bits per heavy atom. The molecule has 0 heterocycles. The van der Waals surface area contributed by atoms with E-state index in [-0.39, 0.29) is 12.4 Å². The number of hydrogen-bond donors (Lipinski definition) is 1. The van der Waals surface area contributed by atoms with Crippen LogP contribution in [-0.4, -0.2) is 20.3 Å². The fourth-order valence-electron chi connectivity index (χ4n) is 2.77. The van der Waals surface area contributed by atoms with E-state index in [1.54, 1.807) is 18.8 Å². The first-order valence-electron chi connectivity index (χ1n) is 8.23. The summed E-state index contributed by atoms with van der Waals surface area (Å²) in [5.41, 5.74) is 2.68. The monoisotopic (exact) mass is 371 g/mol. The van der Waals surface area contributed by atoms with Crippen molar-refractivity contribution in [2.24, 2.45) is 0 Å². The number of nitrogens with one attached hydrogen (secondary N) is 1. The van der Waals surface area contributed by atoms with Crippen LogP contribution in [0.2, 0.25) is 5.02 Å². The van der Waals surface area contributed by atoms with Gasteiger partial charge in [0.25, 0.3) is 0 Å². The molecule has 0 amide bonds. The van der Waals surface area contributed by atoms with Gasteiger partial charge < -0.3 is 14.8 Å². The molecule has 3 nitrogen and oxygen atoms in total. The van der Waals surface area contributed by atoms with Crippen molar-refractivity contribution < 1.29 is 9.47 Å². The summed E-state index contributed by atoms with van der Waals surface area (Å²) >= 11 is 6.31. The highest BCUT2D eigenvalue weighted by molar-refractivity contribution is 6.32. The van der Waals surface area contributed by atoms with E-state index in [1.807, 2.05) is 12.1 Å². The minimum atomic E-state index is 0. The molecule has 0 atom stereocenters. The van der Waals surface area contributed by atoms with Gasteiger partial charge in [0.15, 0.2) is 11.5 Å². The SMILES string of the molecule is C=CCOc1c(Cl)cc(CNCCC2=CCCCC2)cc1OC.Cl. The molecular formula is C19H27Cl2NO2. The van der Waals surface area contributed by atoms with E-state index in [0.29, 0.717) is 23.1 Å². The molecule has 1 N–H and O–H groups in total. The van der Waals surface area contributed by atoms with Crippen molar-refractivity contribution in [2.75, 3.05) is 20.3 Å². The van der Waals surface area contributed by atoms with Gasteiger partial charge in [-0.1, -0.05) is 35.9 Å². The molecule has 0 saturated carbocycles. The van der Waals surface area contributed by atoms with Crippen molar-refractivity contribution >= 4 is 24.0 Å². The van der Waals surface area contributed by atoms with Gasteiger partial charge in [0.1, 0.15) is 6.61 Å². The zero-order valence-corrected chi connectivity index (χ0v) is 15.8. The molecule has 134 valence electrons. The molecule has 0 aliphatic heterocycles. The number of rotatable bonds is 9. The third kappa shape index (κ3) is 6.39. The quantitative estimate of drug-likeness (QED) is 0.470. The van der Waals surface area contributed by atoms with Gasteiger partial charge in [0.05, 0.1) is 12.1 Å². The van der Waals surface area contributed by atoms with Crippen molar-refractivity contribution in [1.29, 1.82) is 0 Å². The van der Waals surface area contributed by atoms with Gasteiger partial charge in [-0.2, -0.15) is 0 Å². The Labute approximate surface area is 156 Å². The minimum Gasteiger partial charge on any atom is -0.493 e. The maximum atomic E-state index is 6.31. The highest BCUT2D eigenvalue weighted by Crippen LogP contribution is 2.36. The number of benzene rings is 1. The number of methoxy groups -OCH3 is 1. The molecule has 0 saturated heterocycles. The van der Waals surface area contributed by atoms with Crippen LogP contribution in [0.25, 0.3) is 0 Å². The molecule has 0 unspecified atom stereocenters. The summed E-state index contributed by atoms with van der Waals surface area (Å²) in [6.07, 6.45) is 10.4. The largest absolute Gasteiger partial charge is 0.493 e. The van der Waals surface area contributed by atoms with Crippen LogP contribution in [0.5, 0.6) is 11.5 Å². The molecule has 1 aromatic carbocycles. The third-order valence-electron chi connectivity index (χ3n) is 3.97. The third-order valence-corrected chi connectivity index (χ3v) is 4.25. The van der Waals surface area contributed by atoms with E-state index in [0.717, 1.165) is 25.1 Å². The summed E-state index contributed by atoms with van der Waals surface area (Å²) < 4.78 is 10.9. The predicted octanol–water partition coefficient (Wildman–Crippen LogP) is 5.32. The standard InChI is InChI=1S/C19H26ClNO2.ClH/c1-3-11-23-19-17(20)12-16(13-18(19)22-2)14-21-10-9-15-7-5-4-6-8-15;/h3,7,12-13,21H,1,4-6,8-11,14H2,2H3;1H. The average Bonchev–Trinajstić information content (AvgIpc) is 2.58. The number of allylic oxidation sites excluding steroid dienone is 1. The highest BCUT2D eigenvalue weighted by Gasteiger charge is 2.11. The molecule has 0 bridgehead atoms. The molecule has 1 aliphatic rings. The molecule has 0 fully saturated rings. The number of hydrogen-bond acceptors (Lipinski definition) is 3. The van der Waals surface area contributed by atoms with Crippen LogP contribution >= 0.6 is 24.0 Å². The van der Waals surface area contributed by atoms with E-state index >= 15 is 0 Å². The van der Waals surface area contributed by atoms with Gasteiger partial charge in [0, 0.05) is 6.54 Å². The fourth-order valence-corrected chi connectivity index (χ4v) is 3.06. The maximum absolute atomic E-state index is 6.31. The summed E-state index contributed by atoms with van der Waals surface area (Å²) in [7, 11) is 1.62. The van der Waals surface area contributed by atoms with Crippen LogP contribution in [0.4, 0.5) is 0 Å². The summed E-state index contributed by atoms with van der Waals surface area (Å²) in [5, 5.41) is 4.05. The van der Waals surface area contributed by atoms with Crippen molar-refractivity contribution in [3.8, 4) is 11.5 Å². The van der Waals surface area contributed by atoms with Gasteiger partial charge in [-0.3, -0.25) is 0 Å². The summed E-state index contributed by atoms with van der Waals surface area (Å²) in [6.45, 7) is 5.80. The molecular weight excluding hydrogens is 345 g/mol. The van der Waals surface area contributed by atoms with Gasteiger partial charge in [0.2, 0.25) is 0 Å². The lowest BCUT2D eigenvalue weighted by molar-refractivity contribution is 0.326. The van der Waals surface area contributed by atoms with Crippen LogP contribution in [-0.2, 0) is 6.54 Å². The zero-order valence-electron chi connectivity index (χ0n) is 14.3. The molecule has 1 aromatic rings. The zero-order chi connectivity index (χ0) is 16.5. The molecule has 0 radical (unpaired) electrons. The second-order valence-electron chi connectivity index (χ2n) is 5.74. The lowest BCUT2D eigenvalue weighted by Crippen LogP contribution is -2.16. The maximum Gasteiger partial charge on any atom is 0.180 e. The van der Waals surface area contributed by atoms with Crippen LogP contribution in [0, 0.1) is 0 Å². The van der Waals surface area contributed by atoms with Crippen molar-refractivity contribution in [2.45, 2.75) is 38.6 Å². The average molecular weight is 372 g/mol. The van der Waals surface area contributed by atoms with E-state index in [2.05, 4.69) is 18.0 Å². The highest BCUT2D eigenvalue weighted by atomic mass is 35.5. The Morgan fingerprint density at radius 1 is 1.33 bits per heavy atom. The Balaban J connectivity index is 0.00000288. The van der Waals surface area contributed by atoms with Crippen molar-refractivity contribution in [3.05, 3.63) is 47.0 Å². The lowest BCUT2D eigenvalue weighted by Gasteiger charge is -2.15. The van der Waals surface area contributed by atoms with Crippen molar-refractivity contribution in [1.82, 2.24) is 5.32 Å². The van der Waals surface area contributed by atoms with Gasteiger partial charge in [-0.15, -0.1) is 12.4 Å². The van der Waals surface area contributed by atoms with Crippen molar-refractivity contribution in [3.63, 3.8) is 0 Å². The fraction of sp³-hybridized carbons (Fsp3) is 0.474. The molecule has 0 aromatic heterocycles. The first-order chi connectivity index (χ1) is 11.2. The molecule has 5 heteroatoms. The summed E-state index contributed by atoms with van der Waals surface area (Å²) in [5.74, 6) is 1.23. The second kappa shape index (κ2) is 11.4. The Hall–Kier alpha value is -1.16. The molecule has 2 rings (SSSR count). The predicted molar refractivity (Wildman–Crippen MR) is 104 cm³/mol. The van der Waals surface area contributed by atoms with E-state index in [4.69, 9.17) is 21.1 Å². The minimum absolute atomic E-state index is 0. The van der Waals surface area contributed by atoms with Crippen LogP contribution < -0.4 is 14.8 Å². The normalized spacial score (nSPS) is 13.7. The smallest absolute Gasteiger partial charge is 0.180 e. The molecule has 0 spiro atoms. The number of ether oxygens (including phenoxy) is 2. The molecule has 1 aliphatic carbocycles. The van der Waals surface area contributed by atoms with E-state index in [9.17, 15) is 0 Å². The Morgan fingerprint density at radius 3 is 2.83 bits per heavy atom. The van der Waals surface area contributed by atoms with Gasteiger partial charge >= 0.3 is 0 Å². The first-order valence-corrected chi connectivity index (χ1v) is 8.61. The van der Waals surface area contributed by atoms with E-state index in [1.165, 1.54) is 25.7 Å². The number of halogens is 2. The Bertz CT molecular complexity index is 559. The summed E-state index contributed by atoms with van der Waals surface area (Å²) in [4.78, 5) is 0. The van der Waals surface area contributed by atoms with Gasteiger partial charge in [-0.05, 0) is 56.3 Å². The molecule has 24 heavy (non-hydrogen) atoms. The van der Waals surface area contributed by atoms with Gasteiger partial charge in [-0.25, -0.2) is 0 Å². The van der Waals surface area contributed by atoms with Crippen LogP contribution in [0.1, 0.15) is 37.7 Å². The lowest BCUT2D eigenvalue weighted by atomic mass is 9.97. The van der Waals surface area contributed by atoms with E-state index < -0.39 is 0 Å². The summed E-state index contributed by atoms with van der Waals surface area (Å²) in [6, 6.07) is 3.90. The second-order valence-corrected chi connectivity index (χ2v) is 6.15.